The van der Waals surface area contributed by atoms with E-state index in [9.17, 15) is 73.5 Å². The lowest BCUT2D eigenvalue weighted by molar-refractivity contribution is -0.142. The Morgan fingerprint density at radius 1 is 0.366 bits per heavy atom. The van der Waals surface area contributed by atoms with Crippen LogP contribution in [0.15, 0.2) is 0 Å². The van der Waals surface area contributed by atoms with Crippen molar-refractivity contribution in [1.29, 1.82) is 0 Å². The molecule has 26 nitrogen and oxygen atoms in total. The predicted molar refractivity (Wildman–Crippen MR) is 255 cm³/mol. The number of hydrogen-bond acceptors (Lipinski definition) is 16. The molecule has 0 bridgehead atoms. The average Bonchev–Trinajstić information content (AvgIpc) is 3.33. The zero-order chi connectivity index (χ0) is 53.4. The maximum Gasteiger partial charge on any atom is 0.326 e. The molecule has 0 aromatic carbocycles. The van der Waals surface area contributed by atoms with Crippen LogP contribution < -0.4 is 48.3 Å². The standard InChI is InChI=1S/C45H81N9O17/c46-30(44(68)69)17-15-16-22-47-23-24-48-40(64)32(26-55)52-38(61)25-49-41(65)33(27-56)53-43(67)35(29-58)54-42(66)34(28-57)51-37(60)21-20-31(45(70)71)50-36(59)18-13-11-9-7-5-3-1-2-4-6-8-10-12-14-19-39(62)63/h30-35,47,55-58H,1-29,46H2,(H,48,64)(H,49,65)(H,50,59)(H,51,60)(H,52,61)(H,53,67)(H,54,66)(H,62,63)(H,68,69)(H,70,71). The van der Waals surface area contributed by atoms with Crippen LogP contribution in [0.5, 0.6) is 0 Å². The Morgan fingerprint density at radius 3 is 1.25 bits per heavy atom. The van der Waals surface area contributed by atoms with E-state index in [-0.39, 0.29) is 25.8 Å². The molecule has 0 rings (SSSR count). The first-order valence-electron chi connectivity index (χ1n) is 24.5. The van der Waals surface area contributed by atoms with E-state index in [1.807, 2.05) is 0 Å². The van der Waals surface area contributed by atoms with Gasteiger partial charge in [-0.05, 0) is 38.6 Å². The number of hydrogen-bond donors (Lipinski definition) is 16. The summed E-state index contributed by atoms with van der Waals surface area (Å²) in [7, 11) is 0. The number of nitrogens with two attached hydrogens (primary N) is 1. The lowest BCUT2D eigenvalue weighted by Gasteiger charge is -2.23. The van der Waals surface area contributed by atoms with Crippen LogP contribution >= 0.6 is 0 Å². The summed E-state index contributed by atoms with van der Waals surface area (Å²) in [6.45, 7) is -3.69. The average molecular weight is 1020 g/mol. The Kier molecular flexibility index (Phi) is 37.9. The van der Waals surface area contributed by atoms with Gasteiger partial charge in [-0.1, -0.05) is 83.5 Å². The van der Waals surface area contributed by atoms with Crippen LogP contribution in [0.25, 0.3) is 0 Å². The van der Waals surface area contributed by atoms with E-state index >= 15 is 0 Å². The monoisotopic (exact) mass is 1020 g/mol. The molecule has 26 heteroatoms. The summed E-state index contributed by atoms with van der Waals surface area (Å²) in [5.74, 6) is -9.75. The first-order chi connectivity index (χ1) is 33.9. The maximum absolute atomic E-state index is 12.9. The molecule has 0 saturated carbocycles. The molecule has 0 heterocycles. The number of carboxylic acids is 3. The summed E-state index contributed by atoms with van der Waals surface area (Å²) in [5, 5.41) is 84.6. The van der Waals surface area contributed by atoms with E-state index in [0.29, 0.717) is 38.8 Å². The second-order valence-electron chi connectivity index (χ2n) is 17.1. The minimum atomic E-state index is -1.78. The van der Waals surface area contributed by atoms with Crippen molar-refractivity contribution in [2.45, 2.75) is 171 Å². The van der Waals surface area contributed by atoms with Crippen molar-refractivity contribution >= 4 is 59.3 Å². The number of aliphatic hydroxyl groups excluding tert-OH is 4. The minimum Gasteiger partial charge on any atom is -0.481 e. The summed E-state index contributed by atoms with van der Waals surface area (Å²) >= 11 is 0. The van der Waals surface area contributed by atoms with Gasteiger partial charge in [0.1, 0.15) is 36.3 Å². The van der Waals surface area contributed by atoms with Gasteiger partial charge in [-0.3, -0.25) is 43.2 Å². The topological polar surface area (TPSA) is 435 Å². The van der Waals surface area contributed by atoms with E-state index in [1.165, 1.54) is 12.8 Å². The highest BCUT2D eigenvalue weighted by atomic mass is 16.4. The highest BCUT2D eigenvalue weighted by Crippen LogP contribution is 2.14. The van der Waals surface area contributed by atoms with Gasteiger partial charge < -0.3 is 84.0 Å². The van der Waals surface area contributed by atoms with Crippen molar-refractivity contribution in [1.82, 2.24) is 42.5 Å². The highest BCUT2D eigenvalue weighted by Gasteiger charge is 2.30. The molecule has 0 saturated heterocycles. The molecule has 7 amide bonds. The zero-order valence-electron chi connectivity index (χ0n) is 40.8. The van der Waals surface area contributed by atoms with E-state index in [1.54, 1.807) is 0 Å². The molecular formula is C45H81N9O17. The molecule has 0 aliphatic carbocycles. The molecule has 0 aromatic rings. The van der Waals surface area contributed by atoms with E-state index < -0.39 is 135 Å². The van der Waals surface area contributed by atoms with Crippen molar-refractivity contribution in [2.24, 2.45) is 5.73 Å². The minimum absolute atomic E-state index is 0.0907. The molecule has 17 N–H and O–H groups in total. The van der Waals surface area contributed by atoms with Gasteiger partial charge in [0.15, 0.2) is 0 Å². The lowest BCUT2D eigenvalue weighted by Crippen LogP contribution is -2.59. The summed E-state index contributed by atoms with van der Waals surface area (Å²) in [4.78, 5) is 122. The van der Waals surface area contributed by atoms with Gasteiger partial charge in [-0.2, -0.15) is 0 Å². The van der Waals surface area contributed by atoms with E-state index in [2.05, 4.69) is 42.5 Å². The smallest absolute Gasteiger partial charge is 0.326 e. The molecule has 0 aliphatic heterocycles. The van der Waals surface area contributed by atoms with Gasteiger partial charge in [0.25, 0.3) is 0 Å². The van der Waals surface area contributed by atoms with Gasteiger partial charge in [-0.25, -0.2) is 4.79 Å². The van der Waals surface area contributed by atoms with E-state index in [0.717, 1.165) is 70.6 Å². The van der Waals surface area contributed by atoms with E-state index in [4.69, 9.17) is 15.9 Å². The fourth-order valence-electron chi connectivity index (χ4n) is 6.87. The van der Waals surface area contributed by atoms with Crippen LogP contribution in [-0.4, -0.2) is 184 Å². The number of unbranched alkanes of at least 4 members (excludes halogenated alkanes) is 14. The molecule has 0 fully saturated rings. The third-order valence-electron chi connectivity index (χ3n) is 11.1. The second-order valence-corrected chi connectivity index (χ2v) is 17.1. The molecule has 6 atom stereocenters. The fraction of sp³-hybridized carbons (Fsp3) is 0.778. The van der Waals surface area contributed by atoms with Gasteiger partial charge in [0.2, 0.25) is 41.4 Å². The number of nitrogens with one attached hydrogen (secondary N) is 8. The van der Waals surface area contributed by atoms with Crippen LogP contribution in [-0.2, 0) is 47.9 Å². The molecule has 0 radical (unpaired) electrons. The molecule has 408 valence electrons. The lowest BCUT2D eigenvalue weighted by atomic mass is 10.0. The summed E-state index contributed by atoms with van der Waals surface area (Å²) in [6.07, 6.45) is 15.0. The van der Waals surface area contributed by atoms with Gasteiger partial charge in [0.05, 0.1) is 33.0 Å². The number of carboxylic acid groups (broad SMARTS) is 3. The first kappa shape index (κ1) is 65.5. The van der Waals surface area contributed by atoms with Crippen LogP contribution in [0.4, 0.5) is 0 Å². The SMILES string of the molecule is NC(CCCCNCCNC(=O)C(CO)NC(=O)CNC(=O)C(CO)NC(=O)C(CO)NC(=O)C(CO)NC(=O)CCC(NC(=O)CCCCCCCCCCCCCCCCC(=O)O)C(=O)O)C(=O)O. The molecule has 0 aromatic heterocycles. The van der Waals surface area contributed by atoms with Crippen LogP contribution in [0.3, 0.4) is 0 Å². The Balaban J connectivity index is 4.63. The van der Waals surface area contributed by atoms with Crippen LogP contribution in [0.2, 0.25) is 0 Å². The summed E-state index contributed by atoms with van der Waals surface area (Å²) in [6, 6.07) is -8.96. The molecule has 0 spiro atoms. The third kappa shape index (κ3) is 33.6. The number of rotatable bonds is 45. The Labute approximate surface area is 414 Å². The van der Waals surface area contributed by atoms with Crippen LogP contribution in [0.1, 0.15) is 135 Å². The number of aliphatic carboxylic acids is 3. The quantitative estimate of drug-likeness (QED) is 0.0270. The first-order valence-corrected chi connectivity index (χ1v) is 24.5. The fourth-order valence-corrected chi connectivity index (χ4v) is 6.87. The van der Waals surface area contributed by atoms with Gasteiger partial charge in [-0.15, -0.1) is 0 Å². The number of aliphatic hydroxyl groups is 4. The van der Waals surface area contributed by atoms with Gasteiger partial charge >= 0.3 is 17.9 Å². The second kappa shape index (κ2) is 41.1. The predicted octanol–water partition coefficient (Wildman–Crippen LogP) is -3.03. The highest BCUT2D eigenvalue weighted by molar-refractivity contribution is 5.96. The molecule has 71 heavy (non-hydrogen) atoms. The third-order valence-corrected chi connectivity index (χ3v) is 11.1. The van der Waals surface area contributed by atoms with Gasteiger partial charge in [0, 0.05) is 32.4 Å². The van der Waals surface area contributed by atoms with Crippen molar-refractivity contribution in [2.75, 3.05) is 52.6 Å². The van der Waals surface area contributed by atoms with Crippen molar-refractivity contribution in [3.63, 3.8) is 0 Å². The number of carbonyl (C=O) groups is 10. The van der Waals surface area contributed by atoms with Crippen molar-refractivity contribution in [3.8, 4) is 0 Å². The number of amides is 7. The summed E-state index contributed by atoms with van der Waals surface area (Å²) < 4.78 is 0. The number of carbonyl (C=O) groups excluding carboxylic acids is 7. The maximum atomic E-state index is 12.9. The Bertz CT molecular complexity index is 1630. The zero-order valence-corrected chi connectivity index (χ0v) is 40.8. The molecule has 6 unspecified atom stereocenters. The summed E-state index contributed by atoms with van der Waals surface area (Å²) in [5.41, 5.74) is 5.44. The van der Waals surface area contributed by atoms with Crippen molar-refractivity contribution in [3.05, 3.63) is 0 Å². The Hall–Kier alpha value is -5.54. The van der Waals surface area contributed by atoms with Crippen LogP contribution in [0, 0.1) is 0 Å². The van der Waals surface area contributed by atoms with Crippen molar-refractivity contribution < 1.29 is 83.7 Å². The molecule has 0 aliphatic rings. The molecular weight excluding hydrogens is 939 g/mol. The Morgan fingerprint density at radius 2 is 0.775 bits per heavy atom. The largest absolute Gasteiger partial charge is 0.481 e. The normalized spacial score (nSPS) is 13.5.